The second-order valence-electron chi connectivity index (χ2n) is 1.000. The molecule has 0 bridgehead atoms. The zero-order chi connectivity index (χ0) is 5.54. The van der Waals surface area contributed by atoms with Gasteiger partial charge in [0.15, 0.2) is 0 Å². The standard InChI is InChI=1S/C6H7O/c1-2-3-4-5-6-7/h2,5-6H,1,3H2. The molecule has 0 aromatic carbocycles. The summed E-state index contributed by atoms with van der Waals surface area (Å²) in [5.41, 5.74) is 0. The van der Waals surface area contributed by atoms with Crippen molar-refractivity contribution in [1.82, 2.24) is 0 Å². The number of hydrogen-bond acceptors (Lipinski definition) is 1. The molecule has 0 aliphatic rings. The van der Waals surface area contributed by atoms with Gasteiger partial charge in [-0.2, -0.15) is 0 Å². The molecule has 0 rings (SSSR count). The van der Waals surface area contributed by atoms with Crippen molar-refractivity contribution in [3.05, 3.63) is 24.8 Å². The highest BCUT2D eigenvalue weighted by molar-refractivity contribution is 5.63. The molecule has 1 radical (unpaired) electrons. The number of carbonyl (C=O) groups excluding carboxylic acids is 1. The Bertz CT molecular complexity index is 82.2. The molecular formula is C6H7O. The lowest BCUT2D eigenvalue weighted by molar-refractivity contribution is -0.104. The molecule has 0 unspecified atom stereocenters. The smallest absolute Gasteiger partial charge is 0.143 e. The maximum absolute atomic E-state index is 9.53. The Labute approximate surface area is 43.3 Å². The van der Waals surface area contributed by atoms with E-state index in [2.05, 4.69) is 12.7 Å². The first-order valence-electron chi connectivity index (χ1n) is 2.03. The third-order valence-electron chi connectivity index (χ3n) is 0.448. The van der Waals surface area contributed by atoms with Gasteiger partial charge in [0.2, 0.25) is 0 Å². The molecule has 0 aromatic rings. The maximum atomic E-state index is 9.53. The number of allylic oxidation sites excluding steroid dienone is 3. The van der Waals surface area contributed by atoms with Gasteiger partial charge in [-0.05, 0) is 18.6 Å². The lowest BCUT2D eigenvalue weighted by Gasteiger charge is -1.68. The second kappa shape index (κ2) is 5.15. The number of carbonyl (C=O) groups is 1. The molecule has 37 valence electrons. The molecular weight excluding hydrogens is 88.1 g/mol. The Hall–Kier alpha value is -0.850. The Balaban J connectivity index is 3.08. The summed E-state index contributed by atoms with van der Waals surface area (Å²) in [6.07, 6.45) is 7.04. The number of rotatable bonds is 3. The van der Waals surface area contributed by atoms with Crippen LogP contribution in [0.4, 0.5) is 0 Å². The highest BCUT2D eigenvalue weighted by Crippen LogP contribution is 1.76. The SMILES string of the molecule is C=CC/[C]=C/C=O. The van der Waals surface area contributed by atoms with Gasteiger partial charge in [0.05, 0.1) is 0 Å². The molecule has 0 aromatic heterocycles. The normalized spacial score (nSPS) is 9.14. The van der Waals surface area contributed by atoms with Crippen molar-refractivity contribution in [1.29, 1.82) is 0 Å². The zero-order valence-corrected chi connectivity index (χ0v) is 4.05. The minimum atomic E-state index is 0.652. The lowest BCUT2D eigenvalue weighted by atomic mass is 10.4. The first kappa shape index (κ1) is 6.15. The van der Waals surface area contributed by atoms with Crippen molar-refractivity contribution in [2.75, 3.05) is 0 Å². The maximum Gasteiger partial charge on any atom is 0.143 e. The molecule has 1 nitrogen and oxygen atoms in total. The van der Waals surface area contributed by atoms with E-state index in [1.54, 1.807) is 6.08 Å². The van der Waals surface area contributed by atoms with Gasteiger partial charge in [-0.15, -0.1) is 6.58 Å². The van der Waals surface area contributed by atoms with Crippen LogP contribution in [0.2, 0.25) is 0 Å². The van der Waals surface area contributed by atoms with Gasteiger partial charge >= 0.3 is 0 Å². The molecule has 1 heteroatoms. The highest BCUT2D eigenvalue weighted by Gasteiger charge is 1.63. The fraction of sp³-hybridized carbons (Fsp3) is 0.167. The molecule has 0 heterocycles. The summed E-state index contributed by atoms with van der Waals surface area (Å²) in [6.45, 7) is 3.43. The van der Waals surface area contributed by atoms with Gasteiger partial charge in [-0.3, -0.25) is 4.79 Å². The third-order valence-corrected chi connectivity index (χ3v) is 0.448. The summed E-state index contributed by atoms with van der Waals surface area (Å²) >= 11 is 0. The van der Waals surface area contributed by atoms with E-state index in [1.807, 2.05) is 0 Å². The van der Waals surface area contributed by atoms with Crippen LogP contribution in [0, 0.1) is 6.08 Å². The number of aldehydes is 1. The Morgan fingerprint density at radius 1 is 1.71 bits per heavy atom. The van der Waals surface area contributed by atoms with Crippen LogP contribution in [-0.2, 0) is 4.79 Å². The largest absolute Gasteiger partial charge is 0.299 e. The van der Waals surface area contributed by atoms with Gasteiger partial charge < -0.3 is 0 Å². The van der Waals surface area contributed by atoms with Crippen LogP contribution in [0.5, 0.6) is 0 Å². The molecule has 0 fully saturated rings. The average Bonchev–Trinajstić information content (AvgIpc) is 1.69. The number of hydrogen-bond donors (Lipinski definition) is 0. The summed E-state index contributed by atoms with van der Waals surface area (Å²) in [5.74, 6) is 0. The fourth-order valence-corrected chi connectivity index (χ4v) is 0.199. The van der Waals surface area contributed by atoms with Crippen molar-refractivity contribution in [3.63, 3.8) is 0 Å². The molecule has 0 saturated heterocycles. The Morgan fingerprint density at radius 3 is 2.86 bits per heavy atom. The van der Waals surface area contributed by atoms with Crippen LogP contribution in [0.25, 0.3) is 0 Å². The van der Waals surface area contributed by atoms with Gasteiger partial charge in [0.25, 0.3) is 0 Å². The quantitative estimate of drug-likeness (QED) is 0.291. The van der Waals surface area contributed by atoms with Crippen LogP contribution >= 0.6 is 0 Å². The molecule has 7 heavy (non-hydrogen) atoms. The van der Waals surface area contributed by atoms with E-state index < -0.39 is 0 Å². The van der Waals surface area contributed by atoms with Gasteiger partial charge in [0, 0.05) is 0 Å². The monoisotopic (exact) mass is 95.0 g/mol. The predicted octanol–water partition coefficient (Wildman–Crippen LogP) is 1.12. The summed E-state index contributed by atoms with van der Waals surface area (Å²) in [6, 6.07) is 0. The minimum Gasteiger partial charge on any atom is -0.299 e. The highest BCUT2D eigenvalue weighted by atomic mass is 16.1. The van der Waals surface area contributed by atoms with Crippen molar-refractivity contribution in [2.24, 2.45) is 0 Å². The van der Waals surface area contributed by atoms with Crippen molar-refractivity contribution in [2.45, 2.75) is 6.42 Å². The molecule has 0 spiro atoms. The van der Waals surface area contributed by atoms with Crippen LogP contribution < -0.4 is 0 Å². The van der Waals surface area contributed by atoms with E-state index in [0.717, 1.165) is 0 Å². The van der Waals surface area contributed by atoms with Crippen LogP contribution in [0.15, 0.2) is 18.7 Å². The van der Waals surface area contributed by atoms with Gasteiger partial charge in [0.1, 0.15) is 6.29 Å². The first-order chi connectivity index (χ1) is 3.41. The van der Waals surface area contributed by atoms with Crippen molar-refractivity contribution < 1.29 is 4.79 Å². The first-order valence-corrected chi connectivity index (χ1v) is 2.03. The van der Waals surface area contributed by atoms with E-state index >= 15 is 0 Å². The van der Waals surface area contributed by atoms with Crippen LogP contribution in [0.1, 0.15) is 6.42 Å². The van der Waals surface area contributed by atoms with E-state index in [-0.39, 0.29) is 0 Å². The van der Waals surface area contributed by atoms with E-state index in [1.165, 1.54) is 6.08 Å². The lowest BCUT2D eigenvalue weighted by Crippen LogP contribution is -1.59. The van der Waals surface area contributed by atoms with E-state index in [0.29, 0.717) is 12.7 Å². The third kappa shape index (κ3) is 5.15. The average molecular weight is 95.1 g/mol. The van der Waals surface area contributed by atoms with Crippen molar-refractivity contribution in [3.8, 4) is 0 Å². The molecule has 0 aliphatic heterocycles. The minimum absolute atomic E-state index is 0.652. The predicted molar refractivity (Wildman–Crippen MR) is 28.7 cm³/mol. The molecule has 0 N–H and O–H groups in total. The zero-order valence-electron chi connectivity index (χ0n) is 4.05. The summed E-state index contributed by atoms with van der Waals surface area (Å²) < 4.78 is 0. The summed E-state index contributed by atoms with van der Waals surface area (Å²) in [5, 5.41) is 0. The van der Waals surface area contributed by atoms with E-state index in [4.69, 9.17) is 0 Å². The van der Waals surface area contributed by atoms with Crippen LogP contribution in [0.3, 0.4) is 0 Å². The topological polar surface area (TPSA) is 17.1 Å². The van der Waals surface area contributed by atoms with Crippen LogP contribution in [-0.4, -0.2) is 6.29 Å². The molecule has 0 saturated carbocycles. The molecule has 0 atom stereocenters. The summed E-state index contributed by atoms with van der Waals surface area (Å²) in [4.78, 5) is 9.53. The van der Waals surface area contributed by atoms with Crippen molar-refractivity contribution >= 4 is 6.29 Å². The Morgan fingerprint density at radius 2 is 2.43 bits per heavy atom. The van der Waals surface area contributed by atoms with Gasteiger partial charge in [-0.25, -0.2) is 0 Å². The molecule has 0 aliphatic carbocycles. The Kier molecular flexibility index (Phi) is 4.52. The molecule has 0 amide bonds. The second-order valence-corrected chi connectivity index (χ2v) is 1.000. The fourth-order valence-electron chi connectivity index (χ4n) is 0.199. The summed E-state index contributed by atoms with van der Waals surface area (Å²) in [7, 11) is 0. The van der Waals surface area contributed by atoms with Gasteiger partial charge in [-0.1, -0.05) is 6.08 Å². The van der Waals surface area contributed by atoms with E-state index in [9.17, 15) is 4.79 Å².